The topological polar surface area (TPSA) is 29.3 Å². The second kappa shape index (κ2) is 3.82. The summed E-state index contributed by atoms with van der Waals surface area (Å²) >= 11 is 0. The van der Waals surface area contributed by atoms with E-state index < -0.39 is 0 Å². The van der Waals surface area contributed by atoms with Crippen molar-refractivity contribution in [2.45, 2.75) is 57.5 Å². The van der Waals surface area contributed by atoms with E-state index in [0.29, 0.717) is 0 Å². The molecular formula is C12H24N2. The standard InChI is InChI=1S/C12H24N2/c1-3-8-14(11-6-7-11)9-12(2,13)10-4-5-10/h10-11H,3-9,13H2,1-2H3. The quantitative estimate of drug-likeness (QED) is 0.704. The lowest BCUT2D eigenvalue weighted by Gasteiger charge is -2.32. The molecule has 0 aromatic heterocycles. The Bertz CT molecular complexity index is 192. The lowest BCUT2D eigenvalue weighted by Crippen LogP contribution is -2.50. The summed E-state index contributed by atoms with van der Waals surface area (Å²) in [4.78, 5) is 2.62. The van der Waals surface area contributed by atoms with Crippen LogP contribution < -0.4 is 5.73 Å². The minimum absolute atomic E-state index is 0.0811. The summed E-state index contributed by atoms with van der Waals surface area (Å²) in [6, 6.07) is 0.872. The first-order valence-corrected chi connectivity index (χ1v) is 6.16. The van der Waals surface area contributed by atoms with Crippen LogP contribution in [0, 0.1) is 5.92 Å². The van der Waals surface area contributed by atoms with Crippen molar-refractivity contribution >= 4 is 0 Å². The first kappa shape index (κ1) is 10.4. The molecule has 0 bridgehead atoms. The van der Waals surface area contributed by atoms with Gasteiger partial charge in [-0.25, -0.2) is 0 Å². The van der Waals surface area contributed by atoms with Crippen LogP contribution in [0.3, 0.4) is 0 Å². The Labute approximate surface area is 87.8 Å². The van der Waals surface area contributed by atoms with E-state index in [-0.39, 0.29) is 5.54 Å². The van der Waals surface area contributed by atoms with Crippen LogP contribution in [-0.4, -0.2) is 29.6 Å². The molecule has 1 atom stereocenters. The van der Waals surface area contributed by atoms with E-state index in [4.69, 9.17) is 5.73 Å². The fourth-order valence-electron chi connectivity index (χ4n) is 2.43. The van der Waals surface area contributed by atoms with Crippen molar-refractivity contribution in [3.8, 4) is 0 Å². The van der Waals surface area contributed by atoms with Crippen molar-refractivity contribution in [1.29, 1.82) is 0 Å². The van der Waals surface area contributed by atoms with Crippen LogP contribution in [0.5, 0.6) is 0 Å². The van der Waals surface area contributed by atoms with Crippen molar-refractivity contribution in [1.82, 2.24) is 4.90 Å². The third-order valence-electron chi connectivity index (χ3n) is 3.63. The van der Waals surface area contributed by atoms with Crippen LogP contribution in [-0.2, 0) is 0 Å². The number of nitrogens with zero attached hydrogens (tertiary/aromatic N) is 1. The Morgan fingerprint density at radius 2 is 1.93 bits per heavy atom. The third kappa shape index (κ3) is 2.48. The van der Waals surface area contributed by atoms with Gasteiger partial charge in [0, 0.05) is 18.1 Å². The van der Waals surface area contributed by atoms with Crippen LogP contribution in [0.2, 0.25) is 0 Å². The molecule has 0 aromatic rings. The minimum Gasteiger partial charge on any atom is -0.324 e. The summed E-state index contributed by atoms with van der Waals surface area (Å²) in [6.45, 7) is 6.87. The summed E-state index contributed by atoms with van der Waals surface area (Å²) in [5.74, 6) is 0.806. The maximum atomic E-state index is 6.38. The monoisotopic (exact) mass is 196 g/mol. The molecule has 0 aromatic carbocycles. The Balaban J connectivity index is 1.85. The van der Waals surface area contributed by atoms with E-state index in [1.807, 2.05) is 0 Å². The number of nitrogens with two attached hydrogens (primary N) is 1. The largest absolute Gasteiger partial charge is 0.324 e. The Hall–Kier alpha value is -0.0800. The van der Waals surface area contributed by atoms with E-state index in [0.717, 1.165) is 18.5 Å². The van der Waals surface area contributed by atoms with Gasteiger partial charge in [-0.15, -0.1) is 0 Å². The highest BCUT2D eigenvalue weighted by Crippen LogP contribution is 2.39. The number of hydrogen-bond donors (Lipinski definition) is 1. The van der Waals surface area contributed by atoms with Gasteiger partial charge in [0.05, 0.1) is 0 Å². The summed E-state index contributed by atoms with van der Waals surface area (Å²) in [6.07, 6.45) is 6.79. The molecule has 2 heteroatoms. The first-order chi connectivity index (χ1) is 6.63. The average Bonchev–Trinajstić information content (AvgIpc) is 2.96. The van der Waals surface area contributed by atoms with Crippen LogP contribution >= 0.6 is 0 Å². The molecule has 1 unspecified atom stereocenters. The second-order valence-electron chi connectivity index (χ2n) is 5.48. The zero-order chi connectivity index (χ0) is 10.2. The van der Waals surface area contributed by atoms with Crippen molar-refractivity contribution < 1.29 is 0 Å². The van der Waals surface area contributed by atoms with Gasteiger partial charge in [-0.1, -0.05) is 6.92 Å². The lowest BCUT2D eigenvalue weighted by atomic mass is 9.96. The van der Waals surface area contributed by atoms with E-state index in [1.165, 1.54) is 38.6 Å². The van der Waals surface area contributed by atoms with Crippen molar-refractivity contribution in [3.63, 3.8) is 0 Å². The Morgan fingerprint density at radius 3 is 2.36 bits per heavy atom. The molecule has 2 N–H and O–H groups in total. The summed E-state index contributed by atoms with van der Waals surface area (Å²) < 4.78 is 0. The highest BCUT2D eigenvalue weighted by atomic mass is 15.2. The molecule has 0 aliphatic heterocycles. The zero-order valence-electron chi connectivity index (χ0n) is 9.63. The maximum absolute atomic E-state index is 6.38. The Morgan fingerprint density at radius 1 is 1.29 bits per heavy atom. The van der Waals surface area contributed by atoms with Gasteiger partial charge >= 0.3 is 0 Å². The lowest BCUT2D eigenvalue weighted by molar-refractivity contribution is 0.194. The van der Waals surface area contributed by atoms with Crippen molar-refractivity contribution in [2.24, 2.45) is 11.7 Å². The highest BCUT2D eigenvalue weighted by Gasteiger charge is 2.41. The first-order valence-electron chi connectivity index (χ1n) is 6.16. The van der Waals surface area contributed by atoms with Crippen LogP contribution in [0.1, 0.15) is 46.0 Å². The fraction of sp³-hybridized carbons (Fsp3) is 1.00. The molecule has 0 saturated heterocycles. The third-order valence-corrected chi connectivity index (χ3v) is 3.63. The molecule has 2 rings (SSSR count). The summed E-state index contributed by atoms with van der Waals surface area (Å²) in [5.41, 5.74) is 6.46. The van der Waals surface area contributed by atoms with Crippen molar-refractivity contribution in [2.75, 3.05) is 13.1 Å². The number of rotatable bonds is 6. The Kier molecular flexibility index (Phi) is 2.85. The van der Waals surface area contributed by atoms with Crippen LogP contribution in [0.4, 0.5) is 0 Å². The predicted octanol–water partition coefficient (Wildman–Crippen LogP) is 1.99. The highest BCUT2D eigenvalue weighted by molar-refractivity contribution is 4.99. The SMILES string of the molecule is CCCN(CC(C)(N)C1CC1)C1CC1. The van der Waals surface area contributed by atoms with Crippen molar-refractivity contribution in [3.05, 3.63) is 0 Å². The van der Waals surface area contributed by atoms with Gasteiger partial charge in [-0.05, 0) is 51.5 Å². The molecule has 0 heterocycles. The minimum atomic E-state index is 0.0811. The van der Waals surface area contributed by atoms with Crippen LogP contribution in [0.15, 0.2) is 0 Å². The summed E-state index contributed by atoms with van der Waals surface area (Å²) in [5, 5.41) is 0. The predicted molar refractivity (Wildman–Crippen MR) is 60.2 cm³/mol. The van der Waals surface area contributed by atoms with E-state index in [9.17, 15) is 0 Å². The van der Waals surface area contributed by atoms with Gasteiger partial charge in [-0.3, -0.25) is 4.90 Å². The molecule has 2 saturated carbocycles. The molecule has 0 amide bonds. The van der Waals surface area contributed by atoms with E-state index in [1.54, 1.807) is 0 Å². The van der Waals surface area contributed by atoms with Gasteiger partial charge < -0.3 is 5.73 Å². The van der Waals surface area contributed by atoms with Gasteiger partial charge in [0.1, 0.15) is 0 Å². The van der Waals surface area contributed by atoms with Gasteiger partial charge in [0.2, 0.25) is 0 Å². The number of hydrogen-bond acceptors (Lipinski definition) is 2. The molecule has 2 nitrogen and oxygen atoms in total. The molecule has 2 fully saturated rings. The van der Waals surface area contributed by atoms with E-state index >= 15 is 0 Å². The summed E-state index contributed by atoms with van der Waals surface area (Å²) in [7, 11) is 0. The maximum Gasteiger partial charge on any atom is 0.0283 e. The average molecular weight is 196 g/mol. The molecule has 0 spiro atoms. The fourth-order valence-corrected chi connectivity index (χ4v) is 2.43. The molecule has 2 aliphatic rings. The normalized spacial score (nSPS) is 26.6. The molecular weight excluding hydrogens is 172 g/mol. The van der Waals surface area contributed by atoms with Gasteiger partial charge in [0.15, 0.2) is 0 Å². The molecule has 14 heavy (non-hydrogen) atoms. The van der Waals surface area contributed by atoms with Gasteiger partial charge in [-0.2, -0.15) is 0 Å². The van der Waals surface area contributed by atoms with Gasteiger partial charge in [0.25, 0.3) is 0 Å². The molecule has 2 aliphatic carbocycles. The van der Waals surface area contributed by atoms with Crippen LogP contribution in [0.25, 0.3) is 0 Å². The molecule has 82 valence electrons. The smallest absolute Gasteiger partial charge is 0.0283 e. The second-order valence-corrected chi connectivity index (χ2v) is 5.48. The van der Waals surface area contributed by atoms with E-state index in [2.05, 4.69) is 18.7 Å². The molecule has 0 radical (unpaired) electrons. The zero-order valence-corrected chi connectivity index (χ0v) is 9.63.